The molecule has 0 aliphatic heterocycles. The van der Waals surface area contributed by atoms with Crippen LogP contribution < -0.4 is 15.4 Å². The van der Waals surface area contributed by atoms with Crippen LogP contribution in [0.5, 0.6) is 5.75 Å². The third-order valence-corrected chi connectivity index (χ3v) is 4.71. The van der Waals surface area contributed by atoms with Crippen molar-refractivity contribution < 1.29 is 23.8 Å². The van der Waals surface area contributed by atoms with E-state index in [1.54, 1.807) is 44.2 Å². The molecule has 0 fully saturated rings. The predicted molar refractivity (Wildman–Crippen MR) is 119 cm³/mol. The molecule has 33 heavy (non-hydrogen) atoms. The highest BCUT2D eigenvalue weighted by Gasteiger charge is 2.26. The molecule has 0 aliphatic rings. The van der Waals surface area contributed by atoms with Gasteiger partial charge in [-0.15, -0.1) is 5.10 Å². The Morgan fingerprint density at radius 1 is 1.15 bits per heavy atom. The third kappa shape index (κ3) is 5.92. The molecule has 2 aromatic carbocycles. The number of carbonyl (C=O) groups excluding carboxylic acids is 2. The molecule has 1 aromatic heterocycles. The second kappa shape index (κ2) is 10.2. The van der Waals surface area contributed by atoms with Gasteiger partial charge in [0.1, 0.15) is 23.9 Å². The standard InChI is InChI=1S/C23H26FN5O4/c1-4-25-21(31)15-8-10-17(11-9-15)29-19(13-33-18-7-5-6-16(24)12-18)20(27-28-29)22(32)26-23(2,3)14-30/h5-12,30H,4,13-14H2,1-3H3,(H,25,31)(H,26,32). The number of benzene rings is 2. The van der Waals surface area contributed by atoms with Crippen LogP contribution in [0, 0.1) is 5.82 Å². The molecule has 3 N–H and O–H groups in total. The van der Waals surface area contributed by atoms with E-state index in [1.807, 2.05) is 6.92 Å². The molecule has 0 spiro atoms. The monoisotopic (exact) mass is 455 g/mol. The molecule has 2 amide bonds. The summed E-state index contributed by atoms with van der Waals surface area (Å²) in [4.78, 5) is 24.9. The molecule has 10 heteroatoms. The summed E-state index contributed by atoms with van der Waals surface area (Å²) < 4.78 is 20.7. The molecular weight excluding hydrogens is 429 g/mol. The Hall–Kier alpha value is -3.79. The molecule has 3 rings (SSSR count). The Kier molecular flexibility index (Phi) is 7.39. The molecule has 0 atom stereocenters. The van der Waals surface area contributed by atoms with Gasteiger partial charge in [-0.25, -0.2) is 9.07 Å². The smallest absolute Gasteiger partial charge is 0.274 e. The van der Waals surface area contributed by atoms with Gasteiger partial charge >= 0.3 is 0 Å². The van der Waals surface area contributed by atoms with Crippen LogP contribution in [0.1, 0.15) is 47.3 Å². The molecule has 0 saturated carbocycles. The summed E-state index contributed by atoms with van der Waals surface area (Å²) in [6, 6.07) is 12.2. The fourth-order valence-electron chi connectivity index (χ4n) is 2.95. The molecular formula is C23H26FN5O4. The summed E-state index contributed by atoms with van der Waals surface area (Å²) in [6.45, 7) is 5.27. The average molecular weight is 455 g/mol. The molecule has 174 valence electrons. The highest BCUT2D eigenvalue weighted by atomic mass is 19.1. The van der Waals surface area contributed by atoms with Crippen LogP contribution in [0.2, 0.25) is 0 Å². The summed E-state index contributed by atoms with van der Waals surface area (Å²) in [5.74, 6) is -0.931. The number of hydrogen-bond acceptors (Lipinski definition) is 6. The molecule has 0 aliphatic carbocycles. The van der Waals surface area contributed by atoms with Crippen molar-refractivity contribution in [2.24, 2.45) is 0 Å². The molecule has 0 bridgehead atoms. The minimum Gasteiger partial charge on any atom is -0.487 e. The summed E-state index contributed by atoms with van der Waals surface area (Å²) in [5.41, 5.74) is 0.460. The number of aromatic nitrogens is 3. The van der Waals surface area contributed by atoms with Crippen molar-refractivity contribution >= 4 is 11.8 Å². The van der Waals surface area contributed by atoms with Crippen molar-refractivity contribution in [3.63, 3.8) is 0 Å². The lowest BCUT2D eigenvalue weighted by Gasteiger charge is -2.23. The van der Waals surface area contributed by atoms with Gasteiger partial charge < -0.3 is 20.5 Å². The SMILES string of the molecule is CCNC(=O)c1ccc(-n2nnc(C(=O)NC(C)(C)CO)c2COc2cccc(F)c2)cc1. The number of halogens is 1. The fraction of sp³-hybridized carbons (Fsp3) is 0.304. The van der Waals surface area contributed by atoms with E-state index in [1.165, 1.54) is 22.9 Å². The molecule has 0 radical (unpaired) electrons. The number of rotatable bonds is 9. The van der Waals surface area contributed by atoms with Crippen molar-refractivity contribution in [3.8, 4) is 11.4 Å². The highest BCUT2D eigenvalue weighted by molar-refractivity contribution is 5.95. The maximum atomic E-state index is 13.5. The van der Waals surface area contributed by atoms with Crippen LogP contribution in [-0.4, -0.2) is 50.6 Å². The van der Waals surface area contributed by atoms with Crippen molar-refractivity contribution in [1.82, 2.24) is 25.6 Å². The van der Waals surface area contributed by atoms with Crippen molar-refractivity contribution in [1.29, 1.82) is 0 Å². The maximum Gasteiger partial charge on any atom is 0.274 e. The van der Waals surface area contributed by atoms with E-state index in [9.17, 15) is 19.1 Å². The zero-order valence-electron chi connectivity index (χ0n) is 18.6. The zero-order valence-corrected chi connectivity index (χ0v) is 18.6. The average Bonchev–Trinajstić information content (AvgIpc) is 3.22. The Balaban J connectivity index is 1.94. The fourth-order valence-corrected chi connectivity index (χ4v) is 2.95. The zero-order chi connectivity index (χ0) is 24.0. The number of hydrogen-bond donors (Lipinski definition) is 3. The van der Waals surface area contributed by atoms with Crippen molar-refractivity contribution in [2.45, 2.75) is 32.9 Å². The first-order valence-electron chi connectivity index (χ1n) is 10.4. The topological polar surface area (TPSA) is 118 Å². The minimum absolute atomic E-state index is 0.000677. The second-order valence-electron chi connectivity index (χ2n) is 7.95. The minimum atomic E-state index is -0.879. The van der Waals surface area contributed by atoms with Crippen LogP contribution in [0.4, 0.5) is 4.39 Å². The van der Waals surface area contributed by atoms with E-state index in [-0.39, 0.29) is 30.6 Å². The second-order valence-corrected chi connectivity index (χ2v) is 7.95. The van der Waals surface area contributed by atoms with Gasteiger partial charge in [0.25, 0.3) is 11.8 Å². The predicted octanol–water partition coefficient (Wildman–Crippen LogP) is 2.24. The third-order valence-electron chi connectivity index (χ3n) is 4.71. The lowest BCUT2D eigenvalue weighted by molar-refractivity contribution is 0.0861. The Morgan fingerprint density at radius 2 is 1.88 bits per heavy atom. The molecule has 9 nitrogen and oxygen atoms in total. The Bertz CT molecular complexity index is 1130. The first-order valence-corrected chi connectivity index (χ1v) is 10.4. The van der Waals surface area contributed by atoms with Crippen LogP contribution in [0.15, 0.2) is 48.5 Å². The lowest BCUT2D eigenvalue weighted by Crippen LogP contribution is -2.46. The van der Waals surface area contributed by atoms with Gasteiger partial charge in [0.05, 0.1) is 17.8 Å². The maximum absolute atomic E-state index is 13.5. The van der Waals surface area contributed by atoms with E-state index in [0.717, 1.165) is 0 Å². The van der Waals surface area contributed by atoms with Gasteiger partial charge in [0.2, 0.25) is 0 Å². The lowest BCUT2D eigenvalue weighted by atomic mass is 10.1. The highest BCUT2D eigenvalue weighted by Crippen LogP contribution is 2.19. The number of aliphatic hydroxyl groups excluding tert-OH is 1. The van der Waals surface area contributed by atoms with Gasteiger partial charge in [0, 0.05) is 18.2 Å². The van der Waals surface area contributed by atoms with Gasteiger partial charge in [-0.05, 0) is 57.2 Å². The number of carbonyl (C=O) groups is 2. The number of amides is 2. The number of aliphatic hydroxyl groups is 1. The number of nitrogens with zero attached hydrogens (tertiary/aromatic N) is 3. The first-order chi connectivity index (χ1) is 15.7. The molecule has 0 saturated heterocycles. The Labute approximate surface area is 190 Å². The van der Waals surface area contributed by atoms with Gasteiger partial charge in [-0.3, -0.25) is 9.59 Å². The molecule has 3 aromatic rings. The largest absolute Gasteiger partial charge is 0.487 e. The van der Waals surface area contributed by atoms with Crippen LogP contribution in [-0.2, 0) is 6.61 Å². The summed E-state index contributed by atoms with van der Waals surface area (Å²) >= 11 is 0. The van der Waals surface area contributed by atoms with E-state index in [2.05, 4.69) is 20.9 Å². The van der Waals surface area contributed by atoms with Gasteiger partial charge in [-0.1, -0.05) is 11.3 Å². The Morgan fingerprint density at radius 3 is 2.52 bits per heavy atom. The number of ether oxygens (including phenoxy) is 1. The van der Waals surface area contributed by atoms with E-state index in [4.69, 9.17) is 4.74 Å². The number of nitrogens with one attached hydrogen (secondary N) is 2. The summed E-state index contributed by atoms with van der Waals surface area (Å²) in [7, 11) is 0. The van der Waals surface area contributed by atoms with E-state index < -0.39 is 17.3 Å². The van der Waals surface area contributed by atoms with Crippen LogP contribution in [0.3, 0.4) is 0 Å². The van der Waals surface area contributed by atoms with Crippen molar-refractivity contribution in [3.05, 3.63) is 71.3 Å². The van der Waals surface area contributed by atoms with Crippen molar-refractivity contribution in [2.75, 3.05) is 13.2 Å². The summed E-state index contributed by atoms with van der Waals surface area (Å²) in [5, 5.41) is 23.0. The quantitative estimate of drug-likeness (QED) is 0.455. The van der Waals surface area contributed by atoms with Crippen LogP contribution in [0.25, 0.3) is 5.69 Å². The first kappa shape index (κ1) is 23.9. The van der Waals surface area contributed by atoms with E-state index >= 15 is 0 Å². The normalized spacial score (nSPS) is 11.2. The van der Waals surface area contributed by atoms with Crippen LogP contribution >= 0.6 is 0 Å². The van der Waals surface area contributed by atoms with E-state index in [0.29, 0.717) is 23.5 Å². The van der Waals surface area contributed by atoms with Gasteiger partial charge in [-0.2, -0.15) is 0 Å². The molecule has 0 unspecified atom stereocenters. The summed E-state index contributed by atoms with van der Waals surface area (Å²) in [6.07, 6.45) is 0. The van der Waals surface area contributed by atoms with Gasteiger partial charge in [0.15, 0.2) is 5.69 Å². The molecule has 1 heterocycles.